The zero-order valence-corrected chi connectivity index (χ0v) is 14.7. The topological polar surface area (TPSA) is 51.2 Å². The van der Waals surface area contributed by atoms with Crippen LogP contribution >= 0.6 is 0 Å². The minimum absolute atomic E-state index is 0.297. The van der Waals surface area contributed by atoms with Crippen molar-refractivity contribution in [3.05, 3.63) is 0 Å². The number of hydrogen-bond donors (Lipinski definition) is 1. The Balaban J connectivity index is 2.08. The van der Waals surface area contributed by atoms with Crippen LogP contribution in [0.2, 0.25) is 18.1 Å². The molecule has 1 N–H and O–H groups in total. The lowest BCUT2D eigenvalue weighted by Crippen LogP contribution is -2.29. The second-order valence-corrected chi connectivity index (χ2v) is 10.5. The zero-order chi connectivity index (χ0) is 15.6. The molecule has 1 saturated heterocycles. The van der Waals surface area contributed by atoms with Crippen molar-refractivity contribution in [3.8, 4) is 11.5 Å². The Morgan fingerprint density at radius 2 is 1.81 bits per heavy atom. The van der Waals surface area contributed by atoms with Crippen LogP contribution in [0.15, 0.2) is 0 Å². The number of aliphatic hydroxyl groups excluding tert-OH is 1. The molecule has 0 unspecified atom stereocenters. The molecule has 0 spiro atoms. The van der Waals surface area contributed by atoms with Crippen LogP contribution in [0.25, 0.3) is 0 Å². The van der Waals surface area contributed by atoms with Gasteiger partial charge in [0.15, 0.2) is 0 Å². The molecule has 0 bridgehead atoms. The van der Waals surface area contributed by atoms with Crippen molar-refractivity contribution < 1.29 is 19.3 Å². The van der Waals surface area contributed by atoms with Gasteiger partial charge in [-0.2, -0.15) is 0 Å². The number of ether oxygens (including phenoxy) is 3. The Morgan fingerprint density at radius 1 is 1.19 bits per heavy atom. The second-order valence-electron chi connectivity index (χ2n) is 5.61. The van der Waals surface area contributed by atoms with Gasteiger partial charge in [0.05, 0.1) is 39.1 Å². The summed E-state index contributed by atoms with van der Waals surface area (Å²) in [5.41, 5.74) is 3.48. The molecule has 0 aromatic carbocycles. The van der Waals surface area contributed by atoms with Crippen LogP contribution in [0, 0.1) is 11.5 Å². The summed E-state index contributed by atoms with van der Waals surface area (Å²) in [6.07, 6.45) is 0.304. The van der Waals surface area contributed by atoms with Gasteiger partial charge in [0, 0.05) is 6.42 Å². The van der Waals surface area contributed by atoms with E-state index in [-0.39, 0.29) is 0 Å². The summed E-state index contributed by atoms with van der Waals surface area (Å²) in [4.78, 5) is 0. The van der Waals surface area contributed by atoms with Crippen molar-refractivity contribution in [2.45, 2.75) is 57.5 Å². The van der Waals surface area contributed by atoms with Gasteiger partial charge in [0.2, 0.25) is 0 Å². The van der Waals surface area contributed by atoms with Crippen molar-refractivity contribution in [3.63, 3.8) is 0 Å². The zero-order valence-electron chi connectivity index (χ0n) is 13.7. The Kier molecular flexibility index (Phi) is 9.21. The van der Waals surface area contributed by atoms with Crippen molar-refractivity contribution in [1.29, 1.82) is 0 Å². The quantitative estimate of drug-likeness (QED) is 0.275. The fourth-order valence-corrected chi connectivity index (χ4v) is 4.65. The van der Waals surface area contributed by atoms with E-state index in [9.17, 15) is 5.11 Å². The Bertz CT molecular complexity index is 321. The molecule has 0 aromatic heterocycles. The highest BCUT2D eigenvalue weighted by Gasteiger charge is 2.24. The van der Waals surface area contributed by atoms with Crippen LogP contribution in [-0.4, -0.2) is 58.4 Å². The molecule has 1 fully saturated rings. The van der Waals surface area contributed by atoms with Gasteiger partial charge in [-0.25, -0.2) is 0 Å². The van der Waals surface area contributed by atoms with Gasteiger partial charge in [0.25, 0.3) is 0 Å². The second kappa shape index (κ2) is 10.4. The molecule has 0 radical (unpaired) electrons. The molecular formula is C16H30O4Si. The first-order valence-corrected chi connectivity index (χ1v) is 10.7. The maximum atomic E-state index is 9.85. The molecule has 21 heavy (non-hydrogen) atoms. The van der Waals surface area contributed by atoms with Crippen LogP contribution < -0.4 is 0 Å². The molecule has 1 heterocycles. The third kappa shape index (κ3) is 7.98. The Labute approximate surface area is 130 Å². The summed E-state index contributed by atoms with van der Waals surface area (Å²) in [6, 6.07) is 3.59. The highest BCUT2D eigenvalue weighted by Crippen LogP contribution is 2.18. The third-order valence-electron chi connectivity index (χ3n) is 4.11. The van der Waals surface area contributed by atoms with E-state index >= 15 is 0 Å². The molecule has 0 amide bonds. The summed E-state index contributed by atoms with van der Waals surface area (Å²) in [7, 11) is -1.38. The van der Waals surface area contributed by atoms with Crippen LogP contribution in [0.3, 0.4) is 0 Å². The minimum atomic E-state index is -1.38. The number of epoxide rings is 1. The van der Waals surface area contributed by atoms with Gasteiger partial charge in [-0.15, -0.1) is 11.5 Å². The SMILES string of the molecule is CC[Si](C#CC[C@@H](O)COCCOC[C@H]1CO1)(CC)CC. The summed E-state index contributed by atoms with van der Waals surface area (Å²) >= 11 is 0. The first-order valence-electron chi connectivity index (χ1n) is 8.11. The average molecular weight is 314 g/mol. The van der Waals surface area contributed by atoms with Crippen molar-refractivity contribution in [1.82, 2.24) is 0 Å². The van der Waals surface area contributed by atoms with E-state index in [4.69, 9.17) is 14.2 Å². The molecule has 1 aliphatic rings. The van der Waals surface area contributed by atoms with Crippen LogP contribution in [0.1, 0.15) is 27.2 Å². The summed E-state index contributed by atoms with van der Waals surface area (Å²) in [5, 5.41) is 9.85. The van der Waals surface area contributed by atoms with Crippen LogP contribution in [0.5, 0.6) is 0 Å². The van der Waals surface area contributed by atoms with Gasteiger partial charge in [-0.1, -0.05) is 20.8 Å². The smallest absolute Gasteiger partial charge is 0.137 e. The molecule has 2 atom stereocenters. The Morgan fingerprint density at radius 3 is 2.38 bits per heavy atom. The van der Waals surface area contributed by atoms with Gasteiger partial charge in [-0.3, -0.25) is 0 Å². The largest absolute Gasteiger partial charge is 0.390 e. The van der Waals surface area contributed by atoms with E-state index in [2.05, 4.69) is 32.2 Å². The van der Waals surface area contributed by atoms with Crippen LogP contribution in [-0.2, 0) is 14.2 Å². The molecule has 1 aliphatic heterocycles. The maximum absolute atomic E-state index is 9.85. The van der Waals surface area contributed by atoms with Gasteiger partial charge in [0.1, 0.15) is 14.2 Å². The molecule has 122 valence electrons. The van der Waals surface area contributed by atoms with E-state index in [0.717, 1.165) is 6.61 Å². The average Bonchev–Trinajstić information content (AvgIpc) is 3.32. The summed E-state index contributed by atoms with van der Waals surface area (Å²) < 4.78 is 15.8. The van der Waals surface area contributed by atoms with Crippen molar-refractivity contribution >= 4 is 8.07 Å². The lowest BCUT2D eigenvalue weighted by Gasteiger charge is -2.20. The first-order chi connectivity index (χ1) is 10.2. The Hall–Kier alpha value is -0.383. The fourth-order valence-electron chi connectivity index (χ4n) is 2.15. The van der Waals surface area contributed by atoms with Gasteiger partial charge >= 0.3 is 0 Å². The van der Waals surface area contributed by atoms with E-state index in [1.165, 1.54) is 18.1 Å². The highest BCUT2D eigenvalue weighted by atomic mass is 28.3. The fraction of sp³-hybridized carbons (Fsp3) is 0.875. The predicted molar refractivity (Wildman–Crippen MR) is 87.0 cm³/mol. The summed E-state index contributed by atoms with van der Waals surface area (Å²) in [6.45, 7) is 9.56. The monoisotopic (exact) mass is 314 g/mol. The maximum Gasteiger partial charge on any atom is 0.137 e. The van der Waals surface area contributed by atoms with E-state index in [1.54, 1.807) is 0 Å². The van der Waals surface area contributed by atoms with Crippen molar-refractivity contribution in [2.75, 3.05) is 33.0 Å². The molecule has 0 saturated carbocycles. The molecule has 0 aliphatic carbocycles. The minimum Gasteiger partial charge on any atom is -0.390 e. The van der Waals surface area contributed by atoms with E-state index in [1.807, 2.05) is 0 Å². The number of hydrogen-bond acceptors (Lipinski definition) is 4. The molecule has 1 rings (SSSR count). The van der Waals surface area contributed by atoms with Gasteiger partial charge < -0.3 is 19.3 Å². The molecule has 4 nitrogen and oxygen atoms in total. The lowest BCUT2D eigenvalue weighted by molar-refractivity contribution is 0.00315. The normalized spacial score (nSPS) is 19.0. The highest BCUT2D eigenvalue weighted by molar-refractivity contribution is 6.87. The molecular weight excluding hydrogens is 284 g/mol. The molecule has 0 aromatic rings. The van der Waals surface area contributed by atoms with E-state index < -0.39 is 14.2 Å². The standard InChI is InChI=1S/C16H30O4Si/c1-4-21(5-2,6-3)11-7-8-15(17)12-18-9-10-19-13-16-14-20-16/h15-17H,4-6,8-10,12-14H2,1-3H3/t15-,16+/m1/s1. The summed E-state index contributed by atoms with van der Waals surface area (Å²) in [5.74, 6) is 3.19. The lowest BCUT2D eigenvalue weighted by atomic mass is 10.3. The van der Waals surface area contributed by atoms with Crippen LogP contribution in [0.4, 0.5) is 0 Å². The number of aliphatic hydroxyl groups is 1. The first kappa shape index (κ1) is 18.7. The van der Waals surface area contributed by atoms with Gasteiger partial charge in [-0.05, 0) is 18.1 Å². The predicted octanol–water partition coefficient (Wildman–Crippen LogP) is 2.22. The van der Waals surface area contributed by atoms with Crippen molar-refractivity contribution in [2.24, 2.45) is 0 Å². The third-order valence-corrected chi connectivity index (χ3v) is 8.88. The van der Waals surface area contributed by atoms with E-state index in [0.29, 0.717) is 39.0 Å². The molecule has 5 heteroatoms. The number of rotatable bonds is 11.